The van der Waals surface area contributed by atoms with E-state index in [9.17, 15) is 14.4 Å². The van der Waals surface area contributed by atoms with Gasteiger partial charge < -0.3 is 19.5 Å². The Labute approximate surface area is 176 Å². The monoisotopic (exact) mass is 413 g/mol. The molecule has 0 saturated carbocycles. The summed E-state index contributed by atoms with van der Waals surface area (Å²) < 4.78 is 16.0. The first-order valence-corrected chi connectivity index (χ1v) is 9.71. The van der Waals surface area contributed by atoms with E-state index in [1.165, 1.54) is 20.1 Å². The molecule has 0 radical (unpaired) electrons. The average Bonchev–Trinajstić information content (AvgIpc) is 2.72. The van der Waals surface area contributed by atoms with E-state index in [1.54, 1.807) is 30.3 Å². The van der Waals surface area contributed by atoms with Gasteiger partial charge in [-0.05, 0) is 56.2 Å². The number of anilines is 1. The van der Waals surface area contributed by atoms with Gasteiger partial charge in [-0.2, -0.15) is 0 Å². The van der Waals surface area contributed by atoms with E-state index < -0.39 is 11.9 Å². The number of esters is 1. The Morgan fingerprint density at radius 2 is 1.63 bits per heavy atom. The number of benzene rings is 2. The fourth-order valence-electron chi connectivity index (χ4n) is 2.65. The van der Waals surface area contributed by atoms with Crippen molar-refractivity contribution in [1.82, 2.24) is 0 Å². The summed E-state index contributed by atoms with van der Waals surface area (Å²) in [7, 11) is 1.27. The molecule has 0 unspecified atom stereocenters. The predicted octanol–water partition coefficient (Wildman–Crippen LogP) is 4.36. The lowest BCUT2D eigenvalue weighted by Gasteiger charge is -2.15. The summed E-state index contributed by atoms with van der Waals surface area (Å²) in [6.07, 6.45) is 0. The van der Waals surface area contributed by atoms with Crippen molar-refractivity contribution in [3.63, 3.8) is 0 Å². The second-order valence-corrected chi connectivity index (χ2v) is 7.06. The molecular weight excluding hydrogens is 386 g/mol. The summed E-state index contributed by atoms with van der Waals surface area (Å²) in [6.45, 7) is 8.07. The molecule has 0 bridgehead atoms. The highest BCUT2D eigenvalue weighted by Gasteiger charge is 2.19. The third-order valence-electron chi connectivity index (χ3n) is 4.15. The number of carbonyl (C=O) groups is 3. The first-order valence-electron chi connectivity index (χ1n) is 9.71. The van der Waals surface area contributed by atoms with Crippen LogP contribution < -0.4 is 14.8 Å². The normalized spacial score (nSPS) is 10.5. The molecule has 0 aliphatic carbocycles. The smallest absolute Gasteiger partial charge is 0.341 e. The molecule has 0 fully saturated rings. The Morgan fingerprint density at radius 1 is 0.967 bits per heavy atom. The van der Waals surface area contributed by atoms with Crippen molar-refractivity contribution in [2.75, 3.05) is 25.6 Å². The minimum atomic E-state index is -0.600. The van der Waals surface area contributed by atoms with E-state index >= 15 is 0 Å². The third kappa shape index (κ3) is 5.83. The molecule has 0 aromatic heterocycles. The standard InChI is InChI=1S/C23H27NO6/c1-6-29-21-10-7-16(15(4)25)12-19(21)24-22(26)17-8-9-20(30-13-14(2)3)18(11-17)23(27)28-5/h7-12,14H,6,13H2,1-5H3,(H,24,26). The van der Waals surface area contributed by atoms with Crippen LogP contribution in [0.3, 0.4) is 0 Å². The summed E-state index contributed by atoms with van der Waals surface area (Å²) in [5.41, 5.74) is 1.21. The van der Waals surface area contributed by atoms with Crippen LogP contribution in [0.2, 0.25) is 0 Å². The third-order valence-corrected chi connectivity index (χ3v) is 4.15. The van der Waals surface area contributed by atoms with Crippen molar-refractivity contribution in [3.05, 3.63) is 53.1 Å². The number of carbonyl (C=O) groups excluding carboxylic acids is 3. The number of ketones is 1. The van der Waals surface area contributed by atoms with E-state index in [0.717, 1.165) is 0 Å². The summed E-state index contributed by atoms with van der Waals surface area (Å²) in [6, 6.07) is 9.39. The van der Waals surface area contributed by atoms with E-state index in [0.29, 0.717) is 36.0 Å². The molecule has 0 atom stereocenters. The number of hydrogen-bond acceptors (Lipinski definition) is 6. The van der Waals surface area contributed by atoms with Gasteiger partial charge in [0.15, 0.2) is 5.78 Å². The molecule has 0 aliphatic heterocycles. The van der Waals surface area contributed by atoms with Crippen LogP contribution in [0.4, 0.5) is 5.69 Å². The molecule has 0 heterocycles. The Kier molecular flexibility index (Phi) is 7.98. The Bertz CT molecular complexity index is 935. The zero-order valence-corrected chi connectivity index (χ0v) is 17.9. The second-order valence-electron chi connectivity index (χ2n) is 7.06. The first-order chi connectivity index (χ1) is 14.3. The van der Waals surface area contributed by atoms with Gasteiger partial charge in [-0.15, -0.1) is 0 Å². The van der Waals surface area contributed by atoms with Crippen molar-refractivity contribution >= 4 is 23.3 Å². The maximum Gasteiger partial charge on any atom is 0.341 e. The fraction of sp³-hybridized carbons (Fsp3) is 0.348. The maximum atomic E-state index is 12.8. The maximum absolute atomic E-state index is 12.8. The van der Waals surface area contributed by atoms with Gasteiger partial charge in [0.1, 0.15) is 17.1 Å². The van der Waals surface area contributed by atoms with Crippen LogP contribution in [-0.2, 0) is 4.74 Å². The van der Waals surface area contributed by atoms with Crippen molar-refractivity contribution in [1.29, 1.82) is 0 Å². The SMILES string of the molecule is CCOc1ccc(C(C)=O)cc1NC(=O)c1ccc(OCC(C)C)c(C(=O)OC)c1. The van der Waals surface area contributed by atoms with Crippen LogP contribution >= 0.6 is 0 Å². The van der Waals surface area contributed by atoms with Gasteiger partial charge in [-0.1, -0.05) is 13.8 Å². The number of Topliss-reactive ketones (excluding diaryl/α,β-unsaturated/α-hetero) is 1. The molecule has 1 amide bonds. The van der Waals surface area contributed by atoms with Gasteiger partial charge in [-0.25, -0.2) is 4.79 Å². The fourth-order valence-corrected chi connectivity index (χ4v) is 2.65. The van der Waals surface area contributed by atoms with Gasteiger partial charge in [0.2, 0.25) is 0 Å². The van der Waals surface area contributed by atoms with Crippen LogP contribution in [-0.4, -0.2) is 38.0 Å². The van der Waals surface area contributed by atoms with E-state index in [-0.39, 0.29) is 22.8 Å². The van der Waals surface area contributed by atoms with E-state index in [4.69, 9.17) is 14.2 Å². The molecule has 7 heteroatoms. The summed E-state index contributed by atoms with van der Waals surface area (Å²) in [5.74, 6) is -0.131. The summed E-state index contributed by atoms with van der Waals surface area (Å²) in [5, 5.41) is 2.75. The van der Waals surface area contributed by atoms with Crippen LogP contribution in [0.1, 0.15) is 58.8 Å². The zero-order valence-electron chi connectivity index (χ0n) is 17.9. The lowest BCUT2D eigenvalue weighted by atomic mass is 10.1. The quantitative estimate of drug-likeness (QED) is 0.485. The van der Waals surface area contributed by atoms with Crippen molar-refractivity contribution < 1.29 is 28.6 Å². The molecule has 2 aromatic rings. The minimum Gasteiger partial charge on any atom is -0.492 e. The van der Waals surface area contributed by atoms with Gasteiger partial charge in [-0.3, -0.25) is 9.59 Å². The first kappa shape index (κ1) is 22.9. The van der Waals surface area contributed by atoms with Crippen LogP contribution in [0.5, 0.6) is 11.5 Å². The highest BCUT2D eigenvalue weighted by atomic mass is 16.5. The summed E-state index contributed by atoms with van der Waals surface area (Å²) >= 11 is 0. The van der Waals surface area contributed by atoms with Gasteiger partial charge in [0, 0.05) is 11.1 Å². The number of hydrogen-bond donors (Lipinski definition) is 1. The topological polar surface area (TPSA) is 90.9 Å². The van der Waals surface area contributed by atoms with Gasteiger partial charge >= 0.3 is 5.97 Å². The Balaban J connectivity index is 2.35. The highest BCUT2D eigenvalue weighted by Crippen LogP contribution is 2.28. The Hall–Kier alpha value is -3.35. The average molecular weight is 413 g/mol. The molecular formula is C23H27NO6. The zero-order chi connectivity index (χ0) is 22.3. The predicted molar refractivity (Wildman–Crippen MR) is 114 cm³/mol. The highest BCUT2D eigenvalue weighted by molar-refractivity contribution is 6.07. The minimum absolute atomic E-state index is 0.131. The Morgan fingerprint density at radius 3 is 2.23 bits per heavy atom. The lowest BCUT2D eigenvalue weighted by molar-refractivity contribution is 0.0595. The van der Waals surface area contributed by atoms with E-state index in [2.05, 4.69) is 5.32 Å². The molecule has 0 spiro atoms. The molecule has 1 N–H and O–H groups in total. The number of amides is 1. The summed E-state index contributed by atoms with van der Waals surface area (Å²) in [4.78, 5) is 36.7. The number of methoxy groups -OCH3 is 1. The van der Waals surface area contributed by atoms with Crippen LogP contribution in [0.25, 0.3) is 0 Å². The molecule has 30 heavy (non-hydrogen) atoms. The number of rotatable bonds is 9. The number of ether oxygens (including phenoxy) is 3. The molecule has 0 saturated heterocycles. The molecule has 160 valence electrons. The van der Waals surface area contributed by atoms with Gasteiger partial charge in [0.05, 0.1) is 26.0 Å². The molecule has 2 aromatic carbocycles. The van der Waals surface area contributed by atoms with Crippen molar-refractivity contribution in [2.24, 2.45) is 5.92 Å². The van der Waals surface area contributed by atoms with E-state index in [1.807, 2.05) is 20.8 Å². The van der Waals surface area contributed by atoms with Crippen LogP contribution in [0.15, 0.2) is 36.4 Å². The second kappa shape index (κ2) is 10.4. The van der Waals surface area contributed by atoms with Crippen molar-refractivity contribution in [2.45, 2.75) is 27.7 Å². The largest absolute Gasteiger partial charge is 0.492 e. The molecule has 0 aliphatic rings. The molecule has 2 rings (SSSR count). The number of nitrogens with one attached hydrogen (secondary N) is 1. The molecule has 7 nitrogen and oxygen atoms in total. The van der Waals surface area contributed by atoms with Crippen LogP contribution in [0, 0.1) is 5.92 Å². The van der Waals surface area contributed by atoms with Gasteiger partial charge in [0.25, 0.3) is 5.91 Å². The van der Waals surface area contributed by atoms with Crippen molar-refractivity contribution in [3.8, 4) is 11.5 Å². The lowest BCUT2D eigenvalue weighted by Crippen LogP contribution is -2.16.